The molecule has 4 rings (SSSR count). The molecule has 0 bridgehead atoms. The molecule has 0 aliphatic heterocycles. The van der Waals surface area contributed by atoms with Crippen molar-refractivity contribution in [3.8, 4) is 0 Å². The van der Waals surface area contributed by atoms with E-state index in [1.165, 1.54) is 30.5 Å². The molecule has 2 aromatic heterocycles. The molecule has 2 heterocycles. The second-order valence-corrected chi connectivity index (χ2v) is 5.94. The topological polar surface area (TPSA) is 159 Å². The Morgan fingerprint density at radius 2 is 1.76 bits per heavy atom. The van der Waals surface area contributed by atoms with E-state index in [2.05, 4.69) is 30.6 Å². The maximum Gasteiger partial charge on any atom is 0.269 e. The van der Waals surface area contributed by atoms with Crippen molar-refractivity contribution in [2.75, 3.05) is 10.6 Å². The van der Waals surface area contributed by atoms with Gasteiger partial charge in [0.05, 0.1) is 21.5 Å². The molecule has 144 valence electrons. The Morgan fingerprint density at radius 1 is 1.00 bits per heavy atom. The second kappa shape index (κ2) is 7.23. The van der Waals surface area contributed by atoms with Crippen LogP contribution in [-0.2, 0) is 0 Å². The smallest absolute Gasteiger partial charge is 0.269 e. The normalized spacial score (nSPS) is 10.6. The van der Waals surface area contributed by atoms with Gasteiger partial charge < -0.3 is 9.97 Å². The highest BCUT2D eigenvalue weighted by Gasteiger charge is 2.16. The van der Waals surface area contributed by atoms with E-state index in [1.54, 1.807) is 24.4 Å². The molecule has 2 aromatic carbocycles. The summed E-state index contributed by atoms with van der Waals surface area (Å²) < 4.78 is 0. The van der Waals surface area contributed by atoms with Crippen LogP contribution in [0.15, 0.2) is 54.9 Å². The van der Waals surface area contributed by atoms with Gasteiger partial charge >= 0.3 is 0 Å². The average Bonchev–Trinajstić information content (AvgIpc) is 3.36. The summed E-state index contributed by atoms with van der Waals surface area (Å²) >= 11 is 0. The number of hydrogen-bond donors (Lipinski definition) is 4. The van der Waals surface area contributed by atoms with Gasteiger partial charge in [-0.15, -0.1) is 0 Å². The number of amides is 2. The van der Waals surface area contributed by atoms with Crippen molar-refractivity contribution in [3.63, 3.8) is 0 Å². The number of nitrogens with one attached hydrogen (secondary N) is 4. The van der Waals surface area contributed by atoms with Crippen LogP contribution < -0.4 is 10.6 Å². The molecular weight excluding hydrogens is 378 g/mol. The summed E-state index contributed by atoms with van der Waals surface area (Å²) in [6, 6.07) is 10.1. The highest BCUT2D eigenvalue weighted by Crippen LogP contribution is 2.20. The van der Waals surface area contributed by atoms with Gasteiger partial charge in [0, 0.05) is 30.1 Å². The molecule has 11 nitrogen and oxygen atoms in total. The number of aromatic amines is 2. The molecule has 4 N–H and O–H groups in total. The van der Waals surface area contributed by atoms with Crippen LogP contribution in [0.3, 0.4) is 0 Å². The molecular formula is C18H13N7O4. The lowest BCUT2D eigenvalue weighted by Crippen LogP contribution is -2.14. The first-order chi connectivity index (χ1) is 14.0. The summed E-state index contributed by atoms with van der Waals surface area (Å²) in [4.78, 5) is 48.9. The molecule has 0 radical (unpaired) electrons. The Labute approximate surface area is 162 Å². The minimum Gasteiger partial charge on any atom is -0.331 e. The highest BCUT2D eigenvalue weighted by molar-refractivity contribution is 6.11. The molecule has 0 aliphatic carbocycles. The number of aromatic nitrogens is 4. The van der Waals surface area contributed by atoms with Gasteiger partial charge in [-0.05, 0) is 24.3 Å². The van der Waals surface area contributed by atoms with Crippen molar-refractivity contribution < 1.29 is 14.5 Å². The number of rotatable bonds is 5. The molecule has 29 heavy (non-hydrogen) atoms. The minimum atomic E-state index is -0.545. The zero-order valence-electron chi connectivity index (χ0n) is 14.7. The summed E-state index contributed by atoms with van der Waals surface area (Å²) in [5.41, 5.74) is 1.36. The van der Waals surface area contributed by atoms with Gasteiger partial charge in [0.15, 0.2) is 0 Å². The van der Waals surface area contributed by atoms with Gasteiger partial charge in [-0.2, -0.15) is 0 Å². The number of non-ortho nitro benzene ring substituents is 1. The Balaban J connectivity index is 1.56. The number of carbonyl (C=O) groups excluding carboxylic acids is 2. The Morgan fingerprint density at radius 3 is 2.45 bits per heavy atom. The van der Waals surface area contributed by atoms with E-state index in [4.69, 9.17) is 0 Å². The number of benzene rings is 2. The van der Waals surface area contributed by atoms with Gasteiger partial charge in [-0.1, -0.05) is 6.07 Å². The minimum absolute atomic E-state index is 0.113. The Kier molecular flexibility index (Phi) is 4.45. The van der Waals surface area contributed by atoms with Crippen LogP contribution in [0.1, 0.15) is 20.7 Å². The standard InChI is InChI=1S/C18H13N7O4/c26-15(10-4-6-11(7-5-10)25(28)29)23-18-21-13-3-1-2-12(14(13)22-18)16(27)24-17-19-8-9-20-17/h1-9H,(H2,19,20,24,27)(H2,21,22,23,26). The maximum atomic E-state index is 12.5. The highest BCUT2D eigenvalue weighted by atomic mass is 16.6. The molecule has 0 saturated carbocycles. The number of fused-ring (bicyclic) bond motifs is 1. The van der Waals surface area contributed by atoms with Gasteiger partial charge in [-0.3, -0.25) is 30.3 Å². The SMILES string of the molecule is O=C(Nc1nc2cccc(C(=O)Nc3ncc[nH]3)c2[nH]1)c1ccc([N+](=O)[O-])cc1. The van der Waals surface area contributed by atoms with Crippen LogP contribution in [0.2, 0.25) is 0 Å². The number of anilines is 2. The molecule has 0 atom stereocenters. The van der Waals surface area contributed by atoms with Crippen molar-refractivity contribution in [1.82, 2.24) is 19.9 Å². The van der Waals surface area contributed by atoms with Gasteiger partial charge in [-0.25, -0.2) is 9.97 Å². The van der Waals surface area contributed by atoms with Crippen LogP contribution in [0.4, 0.5) is 17.6 Å². The van der Waals surface area contributed by atoms with Crippen LogP contribution in [0.25, 0.3) is 11.0 Å². The number of carbonyl (C=O) groups is 2. The first kappa shape index (κ1) is 17.9. The quantitative estimate of drug-likeness (QED) is 0.302. The van der Waals surface area contributed by atoms with E-state index in [0.717, 1.165) is 0 Å². The van der Waals surface area contributed by atoms with E-state index in [-0.39, 0.29) is 17.2 Å². The Bertz CT molecular complexity index is 1210. The fraction of sp³-hybridized carbons (Fsp3) is 0. The van der Waals surface area contributed by atoms with Crippen LogP contribution in [0.5, 0.6) is 0 Å². The third kappa shape index (κ3) is 3.64. The monoisotopic (exact) mass is 391 g/mol. The van der Waals surface area contributed by atoms with E-state index < -0.39 is 16.7 Å². The fourth-order valence-electron chi connectivity index (χ4n) is 2.70. The van der Waals surface area contributed by atoms with Crippen LogP contribution >= 0.6 is 0 Å². The number of H-pyrrole nitrogens is 2. The summed E-state index contributed by atoms with van der Waals surface area (Å²) in [7, 11) is 0. The van der Waals surface area contributed by atoms with Crippen molar-refractivity contribution in [2.45, 2.75) is 0 Å². The lowest BCUT2D eigenvalue weighted by atomic mass is 10.2. The third-order valence-corrected chi connectivity index (χ3v) is 4.07. The van der Waals surface area contributed by atoms with Crippen molar-refractivity contribution >= 4 is 40.4 Å². The first-order valence-electron chi connectivity index (χ1n) is 8.36. The lowest BCUT2D eigenvalue weighted by Gasteiger charge is -2.03. The number of hydrogen-bond acceptors (Lipinski definition) is 6. The fourth-order valence-corrected chi connectivity index (χ4v) is 2.70. The number of nitrogens with zero attached hydrogens (tertiary/aromatic N) is 3. The largest absolute Gasteiger partial charge is 0.331 e. The summed E-state index contributed by atoms with van der Waals surface area (Å²) in [6.45, 7) is 0. The molecule has 4 aromatic rings. The Hall–Kier alpha value is -4.54. The molecule has 0 fully saturated rings. The lowest BCUT2D eigenvalue weighted by molar-refractivity contribution is -0.384. The van der Waals surface area contributed by atoms with Crippen LogP contribution in [0, 0.1) is 10.1 Å². The molecule has 0 aliphatic rings. The van der Waals surface area contributed by atoms with E-state index >= 15 is 0 Å². The van der Waals surface area contributed by atoms with E-state index in [9.17, 15) is 19.7 Å². The number of para-hydroxylation sites is 1. The number of nitro benzene ring substituents is 1. The predicted octanol–water partition coefficient (Wildman–Crippen LogP) is 2.70. The van der Waals surface area contributed by atoms with Crippen molar-refractivity contribution in [3.05, 3.63) is 76.1 Å². The van der Waals surface area contributed by atoms with Gasteiger partial charge in [0.1, 0.15) is 0 Å². The molecule has 2 amide bonds. The van der Waals surface area contributed by atoms with Crippen molar-refractivity contribution in [2.24, 2.45) is 0 Å². The summed E-state index contributed by atoms with van der Waals surface area (Å²) in [6.07, 6.45) is 3.09. The van der Waals surface area contributed by atoms with Gasteiger partial charge in [0.25, 0.3) is 17.5 Å². The zero-order chi connectivity index (χ0) is 20.4. The van der Waals surface area contributed by atoms with Crippen molar-refractivity contribution in [1.29, 1.82) is 0 Å². The molecule has 0 spiro atoms. The average molecular weight is 391 g/mol. The number of nitro groups is 1. The molecule has 11 heteroatoms. The number of imidazole rings is 2. The predicted molar refractivity (Wildman–Crippen MR) is 104 cm³/mol. The second-order valence-electron chi connectivity index (χ2n) is 5.94. The zero-order valence-corrected chi connectivity index (χ0v) is 14.7. The third-order valence-electron chi connectivity index (χ3n) is 4.07. The first-order valence-corrected chi connectivity index (χ1v) is 8.36. The summed E-state index contributed by atoms with van der Waals surface area (Å²) in [5.74, 6) is -0.456. The van der Waals surface area contributed by atoms with E-state index in [1.807, 2.05) is 0 Å². The maximum absolute atomic E-state index is 12.5. The molecule has 0 saturated heterocycles. The van der Waals surface area contributed by atoms with E-state index in [0.29, 0.717) is 22.5 Å². The molecule has 0 unspecified atom stereocenters. The summed E-state index contributed by atoms with van der Waals surface area (Å²) in [5, 5.41) is 15.9. The van der Waals surface area contributed by atoms with Crippen LogP contribution in [-0.4, -0.2) is 36.7 Å². The van der Waals surface area contributed by atoms with Gasteiger partial charge in [0.2, 0.25) is 11.9 Å².